The molecule has 1 amide bonds. The predicted molar refractivity (Wildman–Crippen MR) is 84.9 cm³/mol. The van der Waals surface area contributed by atoms with Gasteiger partial charge in [-0.25, -0.2) is 0 Å². The van der Waals surface area contributed by atoms with Crippen molar-refractivity contribution < 1.29 is 4.79 Å². The second kappa shape index (κ2) is 7.55. The van der Waals surface area contributed by atoms with Crippen molar-refractivity contribution in [2.24, 2.45) is 5.92 Å². The van der Waals surface area contributed by atoms with Crippen LogP contribution in [0.4, 0.5) is 0 Å². The molecule has 1 aromatic heterocycles. The number of carbonyl (C=O) groups excluding carboxylic acids is 1. The van der Waals surface area contributed by atoms with Gasteiger partial charge in [-0.05, 0) is 31.4 Å². The van der Waals surface area contributed by atoms with Gasteiger partial charge >= 0.3 is 0 Å². The molecule has 2 heterocycles. The van der Waals surface area contributed by atoms with Crippen molar-refractivity contribution in [3.63, 3.8) is 0 Å². The molecule has 1 fully saturated rings. The van der Waals surface area contributed by atoms with Crippen LogP contribution in [0.25, 0.3) is 0 Å². The van der Waals surface area contributed by atoms with Crippen LogP contribution in [0.2, 0.25) is 0 Å². The van der Waals surface area contributed by atoms with Crippen molar-refractivity contribution in [2.75, 3.05) is 26.2 Å². The molecule has 4 nitrogen and oxygen atoms in total. The third-order valence-corrected chi connectivity index (χ3v) is 4.68. The summed E-state index contributed by atoms with van der Waals surface area (Å²) in [4.78, 5) is 21.1. The molecular formula is C17H27N3O. The first kappa shape index (κ1) is 16.0. The first-order chi connectivity index (χ1) is 10.2. The summed E-state index contributed by atoms with van der Waals surface area (Å²) in [7, 11) is 0. The highest BCUT2D eigenvalue weighted by molar-refractivity contribution is 5.78. The summed E-state index contributed by atoms with van der Waals surface area (Å²) in [5.41, 5.74) is 1.25. The Labute approximate surface area is 128 Å². The number of nitrogens with zero attached hydrogens (tertiary/aromatic N) is 3. The molecule has 0 spiro atoms. The number of carbonyl (C=O) groups is 1. The largest absolute Gasteiger partial charge is 0.340 e. The van der Waals surface area contributed by atoms with Crippen LogP contribution in [0.15, 0.2) is 24.5 Å². The van der Waals surface area contributed by atoms with Crippen molar-refractivity contribution >= 4 is 5.91 Å². The number of aromatic nitrogens is 1. The highest BCUT2D eigenvalue weighted by Crippen LogP contribution is 2.21. The molecular weight excluding hydrogens is 262 g/mol. The number of piperazine rings is 1. The lowest BCUT2D eigenvalue weighted by molar-refractivity contribution is -0.137. The lowest BCUT2D eigenvalue weighted by Crippen LogP contribution is -2.50. The van der Waals surface area contributed by atoms with E-state index in [1.807, 2.05) is 23.4 Å². The topological polar surface area (TPSA) is 36.4 Å². The van der Waals surface area contributed by atoms with Crippen LogP contribution in [-0.2, 0) is 4.79 Å². The van der Waals surface area contributed by atoms with Gasteiger partial charge in [-0.15, -0.1) is 0 Å². The number of hydrogen-bond donors (Lipinski definition) is 0. The minimum atomic E-state index is 0.201. The summed E-state index contributed by atoms with van der Waals surface area (Å²) in [6.07, 6.45) is 5.64. The average Bonchev–Trinajstić information content (AvgIpc) is 2.56. The van der Waals surface area contributed by atoms with Gasteiger partial charge in [0.1, 0.15) is 0 Å². The minimum absolute atomic E-state index is 0.201. The Morgan fingerprint density at radius 3 is 2.43 bits per heavy atom. The van der Waals surface area contributed by atoms with Crippen molar-refractivity contribution in [1.29, 1.82) is 0 Å². The Hall–Kier alpha value is -1.42. The smallest absolute Gasteiger partial charge is 0.225 e. The molecule has 0 aliphatic carbocycles. The van der Waals surface area contributed by atoms with Gasteiger partial charge in [0.15, 0.2) is 0 Å². The molecule has 2 rings (SSSR count). The van der Waals surface area contributed by atoms with E-state index in [4.69, 9.17) is 0 Å². The summed E-state index contributed by atoms with van der Waals surface area (Å²) in [5.74, 6) is 0.543. The molecule has 1 saturated heterocycles. The van der Waals surface area contributed by atoms with Gasteiger partial charge in [-0.3, -0.25) is 14.7 Å². The average molecular weight is 289 g/mol. The van der Waals surface area contributed by atoms with Gasteiger partial charge in [-0.2, -0.15) is 0 Å². The molecule has 4 heteroatoms. The van der Waals surface area contributed by atoms with Gasteiger partial charge in [0.25, 0.3) is 0 Å². The Kier molecular flexibility index (Phi) is 5.74. The molecule has 1 unspecified atom stereocenters. The highest BCUT2D eigenvalue weighted by atomic mass is 16.2. The van der Waals surface area contributed by atoms with E-state index in [9.17, 15) is 4.79 Å². The number of rotatable bonds is 5. The van der Waals surface area contributed by atoms with Crippen LogP contribution in [0.1, 0.15) is 45.2 Å². The molecule has 116 valence electrons. The maximum absolute atomic E-state index is 12.4. The third-order valence-electron chi connectivity index (χ3n) is 4.68. The van der Waals surface area contributed by atoms with E-state index in [0.717, 1.165) is 39.0 Å². The molecule has 1 aromatic rings. The Balaban J connectivity index is 1.90. The van der Waals surface area contributed by atoms with Crippen LogP contribution in [0.3, 0.4) is 0 Å². The van der Waals surface area contributed by atoms with E-state index in [0.29, 0.717) is 11.9 Å². The molecule has 0 N–H and O–H groups in total. The van der Waals surface area contributed by atoms with E-state index < -0.39 is 0 Å². The van der Waals surface area contributed by atoms with Crippen molar-refractivity contribution in [3.05, 3.63) is 30.1 Å². The zero-order chi connectivity index (χ0) is 15.2. The fourth-order valence-corrected chi connectivity index (χ4v) is 3.06. The fourth-order valence-electron chi connectivity index (χ4n) is 3.06. The number of pyridine rings is 1. The highest BCUT2D eigenvalue weighted by Gasteiger charge is 2.27. The summed E-state index contributed by atoms with van der Waals surface area (Å²) in [5, 5.41) is 0. The Morgan fingerprint density at radius 2 is 1.90 bits per heavy atom. The van der Waals surface area contributed by atoms with Crippen LogP contribution in [0.5, 0.6) is 0 Å². The first-order valence-corrected chi connectivity index (χ1v) is 8.10. The molecule has 0 saturated carbocycles. The van der Waals surface area contributed by atoms with E-state index >= 15 is 0 Å². The maximum Gasteiger partial charge on any atom is 0.225 e. The van der Waals surface area contributed by atoms with E-state index in [-0.39, 0.29) is 5.92 Å². The molecule has 0 aromatic carbocycles. The van der Waals surface area contributed by atoms with Gasteiger partial charge in [0.2, 0.25) is 5.91 Å². The predicted octanol–water partition coefficient (Wildman–Crippen LogP) is 2.72. The van der Waals surface area contributed by atoms with Gasteiger partial charge in [0, 0.05) is 50.5 Å². The zero-order valence-electron chi connectivity index (χ0n) is 13.5. The SMILES string of the molecule is CCC(CC)C(=O)N1CCN(C(C)c2cccnc2)CC1. The summed E-state index contributed by atoms with van der Waals surface area (Å²) in [6.45, 7) is 10.0. The zero-order valence-corrected chi connectivity index (χ0v) is 13.5. The molecule has 21 heavy (non-hydrogen) atoms. The van der Waals surface area contributed by atoms with Gasteiger partial charge in [-0.1, -0.05) is 19.9 Å². The normalized spacial score (nSPS) is 18.0. The minimum Gasteiger partial charge on any atom is -0.340 e. The lowest BCUT2D eigenvalue weighted by atomic mass is 10.0. The molecule has 0 radical (unpaired) electrons. The number of hydrogen-bond acceptors (Lipinski definition) is 3. The second-order valence-corrected chi connectivity index (χ2v) is 5.84. The van der Waals surface area contributed by atoms with Gasteiger partial charge in [0.05, 0.1) is 0 Å². The van der Waals surface area contributed by atoms with E-state index in [2.05, 4.69) is 36.7 Å². The van der Waals surface area contributed by atoms with Crippen LogP contribution in [0, 0.1) is 5.92 Å². The van der Waals surface area contributed by atoms with Crippen LogP contribution < -0.4 is 0 Å². The fraction of sp³-hybridized carbons (Fsp3) is 0.647. The quantitative estimate of drug-likeness (QED) is 0.836. The van der Waals surface area contributed by atoms with Crippen molar-refractivity contribution in [1.82, 2.24) is 14.8 Å². The Bertz CT molecular complexity index is 437. The van der Waals surface area contributed by atoms with Crippen LogP contribution in [-0.4, -0.2) is 46.9 Å². The molecule has 1 atom stereocenters. The lowest BCUT2D eigenvalue weighted by Gasteiger charge is -2.39. The maximum atomic E-state index is 12.4. The molecule has 1 aliphatic heterocycles. The summed E-state index contributed by atoms with van der Waals surface area (Å²) in [6, 6.07) is 4.47. The Morgan fingerprint density at radius 1 is 1.24 bits per heavy atom. The first-order valence-electron chi connectivity index (χ1n) is 8.10. The third kappa shape index (κ3) is 3.82. The molecule has 1 aliphatic rings. The monoisotopic (exact) mass is 289 g/mol. The molecule has 0 bridgehead atoms. The standard InChI is InChI=1S/C17H27N3O/c1-4-15(5-2)17(21)20-11-9-19(10-12-20)14(3)16-7-6-8-18-13-16/h6-8,13-15H,4-5,9-12H2,1-3H3. The number of amides is 1. The van der Waals surface area contributed by atoms with Crippen LogP contribution >= 0.6 is 0 Å². The van der Waals surface area contributed by atoms with Gasteiger partial charge < -0.3 is 4.90 Å². The summed E-state index contributed by atoms with van der Waals surface area (Å²) >= 11 is 0. The van der Waals surface area contributed by atoms with Crippen molar-refractivity contribution in [3.8, 4) is 0 Å². The van der Waals surface area contributed by atoms with E-state index in [1.165, 1.54) is 5.56 Å². The van der Waals surface area contributed by atoms with E-state index in [1.54, 1.807) is 0 Å². The second-order valence-electron chi connectivity index (χ2n) is 5.84. The summed E-state index contributed by atoms with van der Waals surface area (Å²) < 4.78 is 0. The van der Waals surface area contributed by atoms with Crippen molar-refractivity contribution in [2.45, 2.75) is 39.7 Å².